The molecule has 1 aromatic heterocycles. The highest BCUT2D eigenvalue weighted by Gasteiger charge is 2.23. The summed E-state index contributed by atoms with van der Waals surface area (Å²) in [5, 5.41) is 3.98. The van der Waals surface area contributed by atoms with E-state index in [0.717, 1.165) is 26.2 Å². The zero-order valence-corrected chi connectivity index (χ0v) is 9.68. The summed E-state index contributed by atoms with van der Waals surface area (Å²) in [7, 11) is 3.79. The number of hydrogen-bond donors (Lipinski definition) is 1. The summed E-state index contributed by atoms with van der Waals surface area (Å²) in [6, 6.07) is 0. The van der Waals surface area contributed by atoms with Crippen molar-refractivity contribution < 1.29 is 4.79 Å². The Morgan fingerprint density at radius 2 is 1.94 bits per heavy atom. The molecule has 0 aromatic carbocycles. The molecule has 2 heterocycles. The lowest BCUT2D eigenvalue weighted by atomic mass is 10.2. The summed E-state index contributed by atoms with van der Waals surface area (Å²) < 4.78 is 1.52. The molecule has 1 amide bonds. The number of piperazine rings is 1. The van der Waals surface area contributed by atoms with Crippen LogP contribution < -0.4 is 5.73 Å². The number of nitrogen functional groups attached to an aromatic ring is 1. The van der Waals surface area contributed by atoms with Gasteiger partial charge in [0, 0.05) is 33.2 Å². The molecule has 0 bridgehead atoms. The van der Waals surface area contributed by atoms with Crippen molar-refractivity contribution in [3.05, 3.63) is 11.8 Å². The monoisotopic (exact) mass is 223 g/mol. The van der Waals surface area contributed by atoms with E-state index in [9.17, 15) is 4.79 Å². The molecule has 0 aliphatic carbocycles. The first-order valence-corrected chi connectivity index (χ1v) is 5.35. The Kier molecular flexibility index (Phi) is 2.82. The van der Waals surface area contributed by atoms with E-state index < -0.39 is 0 Å². The molecule has 16 heavy (non-hydrogen) atoms. The lowest BCUT2D eigenvalue weighted by molar-refractivity contribution is 0.0665. The van der Waals surface area contributed by atoms with Crippen molar-refractivity contribution in [3.8, 4) is 0 Å². The maximum atomic E-state index is 12.1. The number of carbonyl (C=O) groups is 1. The third kappa shape index (κ3) is 1.88. The van der Waals surface area contributed by atoms with Crippen LogP contribution in [0.1, 0.15) is 10.4 Å². The fourth-order valence-corrected chi connectivity index (χ4v) is 1.79. The van der Waals surface area contributed by atoms with Gasteiger partial charge in [0.1, 0.15) is 11.4 Å². The molecule has 0 saturated carbocycles. The summed E-state index contributed by atoms with van der Waals surface area (Å²) >= 11 is 0. The predicted octanol–water partition coefficient (Wildman–Crippen LogP) is -0.610. The van der Waals surface area contributed by atoms with E-state index in [-0.39, 0.29) is 5.91 Å². The SMILES string of the molecule is CN1CCN(C(=O)c2cnn(C)c2N)CC1. The molecule has 0 unspecified atom stereocenters. The predicted molar refractivity (Wildman–Crippen MR) is 61.0 cm³/mol. The zero-order chi connectivity index (χ0) is 11.7. The molecule has 0 radical (unpaired) electrons. The van der Waals surface area contributed by atoms with Gasteiger partial charge in [0.15, 0.2) is 0 Å². The van der Waals surface area contributed by atoms with Gasteiger partial charge in [-0.05, 0) is 7.05 Å². The van der Waals surface area contributed by atoms with Crippen molar-refractivity contribution in [2.24, 2.45) is 7.05 Å². The van der Waals surface area contributed by atoms with Gasteiger partial charge in [-0.1, -0.05) is 0 Å². The molecule has 88 valence electrons. The van der Waals surface area contributed by atoms with Crippen LogP contribution in [0.2, 0.25) is 0 Å². The van der Waals surface area contributed by atoms with Crippen LogP contribution in [0.15, 0.2) is 6.20 Å². The number of carbonyl (C=O) groups excluding carboxylic acids is 1. The van der Waals surface area contributed by atoms with Crippen LogP contribution in [0.3, 0.4) is 0 Å². The van der Waals surface area contributed by atoms with Crippen molar-refractivity contribution >= 4 is 11.7 Å². The van der Waals surface area contributed by atoms with Crippen LogP contribution in [0.25, 0.3) is 0 Å². The fraction of sp³-hybridized carbons (Fsp3) is 0.600. The maximum Gasteiger partial charge on any atom is 0.259 e. The average Bonchev–Trinajstić information content (AvgIpc) is 2.60. The number of amides is 1. The Morgan fingerprint density at radius 3 is 2.44 bits per heavy atom. The summed E-state index contributed by atoms with van der Waals surface area (Å²) in [4.78, 5) is 16.1. The van der Waals surface area contributed by atoms with Crippen LogP contribution in [0, 0.1) is 0 Å². The Balaban J connectivity index is 2.11. The van der Waals surface area contributed by atoms with Gasteiger partial charge in [-0.15, -0.1) is 0 Å². The van der Waals surface area contributed by atoms with Crippen LogP contribution in [-0.4, -0.2) is 58.7 Å². The number of aryl methyl sites for hydroxylation is 1. The number of nitrogens with two attached hydrogens (primary N) is 1. The third-order valence-electron chi connectivity index (χ3n) is 3.01. The standard InChI is InChI=1S/C10H17N5O/c1-13-3-5-15(6-4-13)10(16)8-7-12-14(2)9(8)11/h7H,3-6,11H2,1-2H3. The number of aromatic nitrogens is 2. The highest BCUT2D eigenvalue weighted by molar-refractivity contribution is 5.98. The molecule has 2 N–H and O–H groups in total. The number of nitrogens with zero attached hydrogens (tertiary/aromatic N) is 4. The fourth-order valence-electron chi connectivity index (χ4n) is 1.79. The van der Waals surface area contributed by atoms with E-state index in [2.05, 4.69) is 17.0 Å². The molecule has 1 aliphatic heterocycles. The summed E-state index contributed by atoms with van der Waals surface area (Å²) in [6.07, 6.45) is 1.54. The van der Waals surface area contributed by atoms with Gasteiger partial charge in [-0.2, -0.15) is 5.10 Å². The Morgan fingerprint density at radius 1 is 1.31 bits per heavy atom. The lowest BCUT2D eigenvalue weighted by Crippen LogP contribution is -2.47. The molecule has 2 rings (SSSR count). The van der Waals surface area contributed by atoms with E-state index in [1.165, 1.54) is 10.9 Å². The quantitative estimate of drug-likeness (QED) is 0.689. The number of anilines is 1. The summed E-state index contributed by atoms with van der Waals surface area (Å²) in [5.74, 6) is 0.419. The molecule has 1 aliphatic rings. The molecular weight excluding hydrogens is 206 g/mol. The summed E-state index contributed by atoms with van der Waals surface area (Å²) in [5.41, 5.74) is 6.29. The maximum absolute atomic E-state index is 12.1. The minimum Gasteiger partial charge on any atom is -0.383 e. The number of likely N-dealkylation sites (N-methyl/N-ethyl adjacent to an activating group) is 1. The second-order valence-electron chi connectivity index (χ2n) is 4.16. The summed E-state index contributed by atoms with van der Waals surface area (Å²) in [6.45, 7) is 3.32. The van der Waals surface area contributed by atoms with Gasteiger partial charge < -0.3 is 15.5 Å². The van der Waals surface area contributed by atoms with E-state index in [0.29, 0.717) is 11.4 Å². The highest BCUT2D eigenvalue weighted by Crippen LogP contribution is 2.13. The topological polar surface area (TPSA) is 67.4 Å². The largest absolute Gasteiger partial charge is 0.383 e. The van der Waals surface area contributed by atoms with Gasteiger partial charge >= 0.3 is 0 Å². The Hall–Kier alpha value is -1.56. The minimum absolute atomic E-state index is 0.0151. The first-order valence-electron chi connectivity index (χ1n) is 5.35. The first kappa shape index (κ1) is 10.9. The third-order valence-corrected chi connectivity index (χ3v) is 3.01. The van der Waals surface area contributed by atoms with Crippen LogP contribution >= 0.6 is 0 Å². The van der Waals surface area contributed by atoms with Gasteiger partial charge in [-0.3, -0.25) is 9.48 Å². The van der Waals surface area contributed by atoms with Crippen molar-refractivity contribution in [1.82, 2.24) is 19.6 Å². The molecule has 0 spiro atoms. The van der Waals surface area contributed by atoms with Crippen molar-refractivity contribution in [2.75, 3.05) is 39.0 Å². The highest BCUT2D eigenvalue weighted by atomic mass is 16.2. The van der Waals surface area contributed by atoms with Crippen molar-refractivity contribution in [3.63, 3.8) is 0 Å². The smallest absolute Gasteiger partial charge is 0.259 e. The van der Waals surface area contributed by atoms with Crippen LogP contribution in [-0.2, 0) is 7.05 Å². The lowest BCUT2D eigenvalue weighted by Gasteiger charge is -2.32. The second kappa shape index (κ2) is 4.13. The number of hydrogen-bond acceptors (Lipinski definition) is 4. The van der Waals surface area contributed by atoms with E-state index in [1.54, 1.807) is 7.05 Å². The molecule has 0 atom stereocenters. The minimum atomic E-state index is -0.0151. The van der Waals surface area contributed by atoms with E-state index in [1.807, 2.05) is 4.90 Å². The first-order chi connectivity index (χ1) is 7.59. The van der Waals surface area contributed by atoms with E-state index >= 15 is 0 Å². The van der Waals surface area contributed by atoms with Crippen LogP contribution in [0.4, 0.5) is 5.82 Å². The van der Waals surface area contributed by atoms with Crippen molar-refractivity contribution in [1.29, 1.82) is 0 Å². The van der Waals surface area contributed by atoms with Gasteiger partial charge in [0.2, 0.25) is 0 Å². The molecular formula is C10H17N5O. The molecule has 1 fully saturated rings. The molecule has 1 saturated heterocycles. The Bertz CT molecular complexity index is 392. The van der Waals surface area contributed by atoms with Gasteiger partial charge in [0.25, 0.3) is 5.91 Å². The molecule has 1 aromatic rings. The van der Waals surface area contributed by atoms with E-state index in [4.69, 9.17) is 5.73 Å². The Labute approximate surface area is 94.6 Å². The normalized spacial score (nSPS) is 17.8. The second-order valence-corrected chi connectivity index (χ2v) is 4.16. The van der Waals surface area contributed by atoms with Crippen molar-refractivity contribution in [2.45, 2.75) is 0 Å². The van der Waals surface area contributed by atoms with Crippen LogP contribution in [0.5, 0.6) is 0 Å². The average molecular weight is 223 g/mol. The molecule has 6 heteroatoms. The van der Waals surface area contributed by atoms with Gasteiger partial charge in [-0.25, -0.2) is 0 Å². The zero-order valence-electron chi connectivity index (χ0n) is 9.68. The molecule has 6 nitrogen and oxygen atoms in total. The van der Waals surface area contributed by atoms with Gasteiger partial charge in [0.05, 0.1) is 6.20 Å². The number of rotatable bonds is 1.